The molecule has 0 heterocycles. The van der Waals surface area contributed by atoms with Gasteiger partial charge < -0.3 is 10.5 Å². The Morgan fingerprint density at radius 2 is 2.05 bits per heavy atom. The number of rotatable bonds is 8. The Balaban J connectivity index is 2.19. The Kier molecular flexibility index (Phi) is 7.66. The second-order valence-corrected chi connectivity index (χ2v) is 4.58. The molecule has 0 bridgehead atoms. The Morgan fingerprint density at radius 1 is 1.26 bits per heavy atom. The summed E-state index contributed by atoms with van der Waals surface area (Å²) in [7, 11) is 0. The molecule has 4 nitrogen and oxygen atoms in total. The van der Waals surface area contributed by atoms with Gasteiger partial charge in [0.05, 0.1) is 6.61 Å². The molecule has 1 aromatic carbocycles. The fourth-order valence-corrected chi connectivity index (χ4v) is 1.80. The standard InChI is InChI=1S/C15H24N2O2/c1-2-3-4-5-6-10-19-15(18)17-14-9-7-8-13(11-14)12-16/h7-9,11H,2-6,10,12,16H2,1H3,(H,17,18). The number of nitrogens with two attached hydrogens (primary N) is 1. The average Bonchev–Trinajstić information content (AvgIpc) is 2.43. The first-order valence-corrected chi connectivity index (χ1v) is 6.99. The minimum absolute atomic E-state index is 0.398. The van der Waals surface area contributed by atoms with Crippen molar-refractivity contribution in [1.29, 1.82) is 0 Å². The largest absolute Gasteiger partial charge is 0.449 e. The van der Waals surface area contributed by atoms with Crippen LogP contribution in [0.3, 0.4) is 0 Å². The molecule has 19 heavy (non-hydrogen) atoms. The molecule has 4 heteroatoms. The third-order valence-electron chi connectivity index (χ3n) is 2.89. The van der Waals surface area contributed by atoms with Gasteiger partial charge >= 0.3 is 6.09 Å². The van der Waals surface area contributed by atoms with Crippen LogP contribution in [-0.2, 0) is 11.3 Å². The first-order valence-electron chi connectivity index (χ1n) is 6.99. The average molecular weight is 264 g/mol. The van der Waals surface area contributed by atoms with E-state index in [2.05, 4.69) is 12.2 Å². The van der Waals surface area contributed by atoms with Crippen molar-refractivity contribution in [2.45, 2.75) is 45.6 Å². The fraction of sp³-hybridized carbons (Fsp3) is 0.533. The lowest BCUT2D eigenvalue weighted by Crippen LogP contribution is -2.14. The molecule has 0 aliphatic rings. The summed E-state index contributed by atoms with van der Waals surface area (Å²) in [6.45, 7) is 3.12. The van der Waals surface area contributed by atoms with Crippen LogP contribution in [0, 0.1) is 0 Å². The van der Waals surface area contributed by atoms with Crippen molar-refractivity contribution in [3.63, 3.8) is 0 Å². The lowest BCUT2D eigenvalue weighted by Gasteiger charge is -2.08. The van der Waals surface area contributed by atoms with E-state index >= 15 is 0 Å². The zero-order valence-electron chi connectivity index (χ0n) is 11.7. The molecule has 106 valence electrons. The maximum Gasteiger partial charge on any atom is 0.411 e. The van der Waals surface area contributed by atoms with Crippen LogP contribution in [0.2, 0.25) is 0 Å². The monoisotopic (exact) mass is 264 g/mol. The van der Waals surface area contributed by atoms with Gasteiger partial charge in [0.25, 0.3) is 0 Å². The summed E-state index contributed by atoms with van der Waals surface area (Å²) in [5, 5.41) is 2.70. The summed E-state index contributed by atoms with van der Waals surface area (Å²) < 4.78 is 5.12. The second kappa shape index (κ2) is 9.39. The van der Waals surface area contributed by atoms with E-state index in [1.165, 1.54) is 19.3 Å². The molecule has 0 aliphatic carbocycles. The molecule has 1 amide bonds. The molecular formula is C15H24N2O2. The van der Waals surface area contributed by atoms with Crippen molar-refractivity contribution in [2.75, 3.05) is 11.9 Å². The van der Waals surface area contributed by atoms with Gasteiger partial charge in [-0.05, 0) is 24.1 Å². The minimum Gasteiger partial charge on any atom is -0.449 e. The maximum absolute atomic E-state index is 11.5. The van der Waals surface area contributed by atoms with Gasteiger partial charge in [-0.2, -0.15) is 0 Å². The normalized spacial score (nSPS) is 10.2. The Bertz CT molecular complexity index is 380. The first-order chi connectivity index (χ1) is 9.26. The molecule has 1 rings (SSSR count). The van der Waals surface area contributed by atoms with Crippen molar-refractivity contribution >= 4 is 11.8 Å². The number of carbonyl (C=O) groups is 1. The number of anilines is 1. The van der Waals surface area contributed by atoms with Crippen molar-refractivity contribution in [1.82, 2.24) is 0 Å². The van der Waals surface area contributed by atoms with Gasteiger partial charge in [-0.1, -0.05) is 44.7 Å². The highest BCUT2D eigenvalue weighted by Gasteiger charge is 2.03. The number of benzene rings is 1. The molecule has 0 aromatic heterocycles. The highest BCUT2D eigenvalue weighted by atomic mass is 16.5. The topological polar surface area (TPSA) is 64.3 Å². The van der Waals surface area contributed by atoms with Crippen LogP contribution in [0.15, 0.2) is 24.3 Å². The van der Waals surface area contributed by atoms with Crippen molar-refractivity contribution < 1.29 is 9.53 Å². The lowest BCUT2D eigenvalue weighted by atomic mass is 10.2. The van der Waals surface area contributed by atoms with Crippen LogP contribution < -0.4 is 11.1 Å². The van der Waals surface area contributed by atoms with E-state index in [1.54, 1.807) is 0 Å². The van der Waals surface area contributed by atoms with Gasteiger partial charge in [0.1, 0.15) is 0 Å². The van der Waals surface area contributed by atoms with E-state index < -0.39 is 6.09 Å². The molecule has 0 saturated carbocycles. The highest BCUT2D eigenvalue weighted by molar-refractivity contribution is 5.84. The van der Waals surface area contributed by atoms with E-state index in [4.69, 9.17) is 10.5 Å². The van der Waals surface area contributed by atoms with Crippen LogP contribution in [-0.4, -0.2) is 12.7 Å². The molecule has 3 N–H and O–H groups in total. The second-order valence-electron chi connectivity index (χ2n) is 4.58. The van der Waals surface area contributed by atoms with Gasteiger partial charge in [-0.3, -0.25) is 5.32 Å². The van der Waals surface area contributed by atoms with E-state index in [9.17, 15) is 4.79 Å². The van der Waals surface area contributed by atoms with Crippen molar-refractivity contribution in [3.05, 3.63) is 29.8 Å². The van der Waals surface area contributed by atoms with Crippen LogP contribution in [0.5, 0.6) is 0 Å². The van der Waals surface area contributed by atoms with Gasteiger partial charge in [-0.25, -0.2) is 4.79 Å². The zero-order valence-corrected chi connectivity index (χ0v) is 11.7. The zero-order chi connectivity index (χ0) is 13.9. The van der Waals surface area contributed by atoms with E-state index in [1.807, 2.05) is 24.3 Å². The summed E-state index contributed by atoms with van der Waals surface area (Å²) in [6.07, 6.45) is 5.32. The summed E-state index contributed by atoms with van der Waals surface area (Å²) in [5.74, 6) is 0. The summed E-state index contributed by atoms with van der Waals surface area (Å²) in [5.41, 5.74) is 7.25. The smallest absolute Gasteiger partial charge is 0.411 e. The SMILES string of the molecule is CCCCCCCOC(=O)Nc1cccc(CN)c1. The molecule has 0 saturated heterocycles. The molecule has 0 fully saturated rings. The van der Waals surface area contributed by atoms with Gasteiger partial charge in [0.15, 0.2) is 0 Å². The van der Waals surface area contributed by atoms with E-state index in [-0.39, 0.29) is 0 Å². The van der Waals surface area contributed by atoms with Crippen LogP contribution >= 0.6 is 0 Å². The molecule has 1 aromatic rings. The molecule has 0 aliphatic heterocycles. The van der Waals surface area contributed by atoms with Gasteiger partial charge in [-0.15, -0.1) is 0 Å². The third kappa shape index (κ3) is 6.82. The van der Waals surface area contributed by atoms with Crippen LogP contribution in [0.25, 0.3) is 0 Å². The minimum atomic E-state index is -0.398. The quantitative estimate of drug-likeness (QED) is 0.704. The molecule has 0 atom stereocenters. The van der Waals surface area contributed by atoms with Crippen LogP contribution in [0.4, 0.5) is 10.5 Å². The summed E-state index contributed by atoms with van der Waals surface area (Å²) in [6, 6.07) is 7.46. The van der Waals surface area contributed by atoms with Crippen molar-refractivity contribution in [3.8, 4) is 0 Å². The molecule has 0 spiro atoms. The maximum atomic E-state index is 11.5. The lowest BCUT2D eigenvalue weighted by molar-refractivity contribution is 0.159. The Hall–Kier alpha value is -1.55. The predicted molar refractivity (Wildman–Crippen MR) is 78.1 cm³/mol. The number of ether oxygens (including phenoxy) is 1. The number of amides is 1. The first kappa shape index (κ1) is 15.5. The highest BCUT2D eigenvalue weighted by Crippen LogP contribution is 2.10. The number of unbranched alkanes of at least 4 members (excludes halogenated alkanes) is 4. The number of nitrogens with one attached hydrogen (secondary N) is 1. The predicted octanol–water partition coefficient (Wildman–Crippen LogP) is 3.66. The summed E-state index contributed by atoms with van der Waals surface area (Å²) in [4.78, 5) is 11.5. The van der Waals surface area contributed by atoms with Crippen LogP contribution in [0.1, 0.15) is 44.6 Å². The van der Waals surface area contributed by atoms with E-state index in [0.717, 1.165) is 24.1 Å². The number of carbonyl (C=O) groups excluding carboxylic acids is 1. The molecule has 0 unspecified atom stereocenters. The molecular weight excluding hydrogens is 240 g/mol. The van der Waals surface area contributed by atoms with Gasteiger partial charge in [0.2, 0.25) is 0 Å². The molecule has 0 radical (unpaired) electrons. The van der Waals surface area contributed by atoms with Gasteiger partial charge in [0, 0.05) is 12.2 Å². The number of hydrogen-bond acceptors (Lipinski definition) is 3. The fourth-order valence-electron chi connectivity index (χ4n) is 1.80. The Labute approximate surface area is 115 Å². The Morgan fingerprint density at radius 3 is 2.79 bits per heavy atom. The third-order valence-corrected chi connectivity index (χ3v) is 2.89. The van der Waals surface area contributed by atoms with E-state index in [0.29, 0.717) is 13.2 Å². The number of hydrogen-bond donors (Lipinski definition) is 2. The van der Waals surface area contributed by atoms with Crippen molar-refractivity contribution in [2.24, 2.45) is 5.73 Å². The summed E-state index contributed by atoms with van der Waals surface area (Å²) >= 11 is 0.